The van der Waals surface area contributed by atoms with E-state index >= 15 is 0 Å². The van der Waals surface area contributed by atoms with Gasteiger partial charge in [0.15, 0.2) is 0 Å². The van der Waals surface area contributed by atoms with E-state index in [1.165, 1.54) is 30.2 Å². The van der Waals surface area contributed by atoms with Crippen molar-refractivity contribution in [2.45, 2.75) is 65.3 Å². The lowest BCUT2D eigenvalue weighted by Crippen LogP contribution is -2.43. The van der Waals surface area contributed by atoms with Crippen molar-refractivity contribution < 1.29 is 14.0 Å². The Bertz CT molecular complexity index is 1060. The number of aromatic nitrogens is 2. The number of carbonyl (C=O) groups is 2. The quantitative estimate of drug-likeness (QED) is 0.631. The normalized spacial score (nSPS) is 22.2. The highest BCUT2D eigenvalue weighted by Crippen LogP contribution is 2.54. The van der Waals surface area contributed by atoms with Crippen molar-refractivity contribution in [2.24, 2.45) is 11.3 Å². The van der Waals surface area contributed by atoms with Gasteiger partial charge in [-0.25, -0.2) is 9.07 Å². The van der Waals surface area contributed by atoms with Crippen LogP contribution in [0.15, 0.2) is 36.0 Å². The van der Waals surface area contributed by atoms with E-state index in [1.54, 1.807) is 12.1 Å². The maximum Gasteiger partial charge on any atom is 0.239 e. The molecule has 0 saturated heterocycles. The highest BCUT2D eigenvalue weighted by Gasteiger charge is 2.46. The third-order valence-electron chi connectivity index (χ3n) is 7.29. The average Bonchev–Trinajstić information content (AvgIpc) is 3.31. The summed E-state index contributed by atoms with van der Waals surface area (Å²) < 4.78 is 15.3. The molecule has 0 spiro atoms. The Kier molecular flexibility index (Phi) is 6.68. The maximum absolute atomic E-state index is 13.4. The second-order valence-corrected chi connectivity index (χ2v) is 9.64. The Morgan fingerprint density at radius 1 is 1.30 bits per heavy atom. The van der Waals surface area contributed by atoms with Crippen LogP contribution in [0.3, 0.4) is 0 Å². The first-order chi connectivity index (χ1) is 15.8. The molecule has 1 unspecified atom stereocenters. The molecule has 1 aromatic heterocycles. The predicted molar refractivity (Wildman–Crippen MR) is 126 cm³/mol. The van der Waals surface area contributed by atoms with Gasteiger partial charge in [0, 0.05) is 13.0 Å². The van der Waals surface area contributed by atoms with Crippen LogP contribution in [0, 0.1) is 17.2 Å². The van der Waals surface area contributed by atoms with Crippen LogP contribution >= 0.6 is 0 Å². The predicted octanol–water partition coefficient (Wildman–Crippen LogP) is 4.18. The van der Waals surface area contributed by atoms with Gasteiger partial charge in [-0.15, -0.1) is 0 Å². The molecule has 2 aromatic rings. The zero-order valence-electron chi connectivity index (χ0n) is 19.7. The molecular formula is C26H33FN4O2. The van der Waals surface area contributed by atoms with E-state index in [9.17, 15) is 14.0 Å². The van der Waals surface area contributed by atoms with Crippen molar-refractivity contribution >= 4 is 17.9 Å². The third-order valence-corrected chi connectivity index (χ3v) is 7.29. The zero-order chi connectivity index (χ0) is 23.6. The van der Waals surface area contributed by atoms with E-state index in [1.807, 2.05) is 10.9 Å². The fourth-order valence-electron chi connectivity index (χ4n) is 5.52. The monoisotopic (exact) mass is 452 g/mol. The lowest BCUT2D eigenvalue weighted by molar-refractivity contribution is -0.125. The van der Waals surface area contributed by atoms with Crippen LogP contribution in [0.4, 0.5) is 4.39 Å². The Hall–Kier alpha value is -2.96. The van der Waals surface area contributed by atoms with Crippen molar-refractivity contribution in [3.05, 3.63) is 53.1 Å². The molecule has 4 rings (SSSR count). The van der Waals surface area contributed by atoms with Gasteiger partial charge in [0.1, 0.15) is 5.82 Å². The van der Waals surface area contributed by atoms with Crippen LogP contribution in [-0.2, 0) is 16.0 Å². The highest BCUT2D eigenvalue weighted by atomic mass is 19.1. The molecule has 0 aliphatic heterocycles. The first kappa shape index (κ1) is 23.2. The minimum absolute atomic E-state index is 0.0224. The van der Waals surface area contributed by atoms with Gasteiger partial charge in [0.05, 0.1) is 24.1 Å². The van der Waals surface area contributed by atoms with Crippen molar-refractivity contribution in [3.63, 3.8) is 0 Å². The number of amides is 2. The third kappa shape index (κ3) is 4.87. The maximum atomic E-state index is 13.4. The number of carbonyl (C=O) groups excluding carboxylic acids is 2. The number of hydrogen-bond donors (Lipinski definition) is 2. The van der Waals surface area contributed by atoms with Crippen molar-refractivity contribution in [2.75, 3.05) is 6.54 Å². The second-order valence-electron chi connectivity index (χ2n) is 9.64. The van der Waals surface area contributed by atoms with Gasteiger partial charge < -0.3 is 10.6 Å². The van der Waals surface area contributed by atoms with Crippen LogP contribution in [0.25, 0.3) is 11.8 Å². The van der Waals surface area contributed by atoms with Gasteiger partial charge >= 0.3 is 0 Å². The van der Waals surface area contributed by atoms with E-state index in [4.69, 9.17) is 0 Å². The SMILES string of the molecule is CCCC(C[C@H]1CCC2=Cc3c(cnn3-c3ccc(F)cc3)C[C@@]21C)NC(=O)CNC(C)=O. The van der Waals surface area contributed by atoms with E-state index < -0.39 is 0 Å². The van der Waals surface area contributed by atoms with Crippen LogP contribution in [0.1, 0.15) is 64.1 Å². The molecule has 2 amide bonds. The number of nitrogens with one attached hydrogen (secondary N) is 2. The first-order valence-electron chi connectivity index (χ1n) is 11.9. The summed E-state index contributed by atoms with van der Waals surface area (Å²) in [7, 11) is 0. The van der Waals surface area contributed by atoms with Gasteiger partial charge in [-0.2, -0.15) is 5.10 Å². The Labute approximate surface area is 194 Å². The molecule has 6 nitrogen and oxygen atoms in total. The van der Waals surface area contributed by atoms with E-state index in [2.05, 4.69) is 35.7 Å². The molecule has 0 radical (unpaired) electrons. The van der Waals surface area contributed by atoms with Crippen molar-refractivity contribution in [3.8, 4) is 5.69 Å². The van der Waals surface area contributed by atoms with Crippen LogP contribution < -0.4 is 10.6 Å². The fraction of sp³-hybridized carbons (Fsp3) is 0.500. The summed E-state index contributed by atoms with van der Waals surface area (Å²) in [6, 6.07) is 6.53. The standard InChI is InChI=1S/C26H33FN4O2/c1-4-5-22(30-25(33)16-28-17(2)32)12-19-6-7-20-13-24-18(14-26(19,20)3)15-29-31(24)23-10-8-21(27)9-11-23/h8-11,13,15,19,22H,4-7,12,14,16H2,1-3H3,(H,28,32)(H,30,33)/t19-,22?,26-/m1/s1. The molecule has 2 aliphatic carbocycles. The molecule has 33 heavy (non-hydrogen) atoms. The molecule has 1 fully saturated rings. The minimum atomic E-state index is -0.255. The zero-order valence-corrected chi connectivity index (χ0v) is 19.7. The lowest BCUT2D eigenvalue weighted by atomic mass is 9.68. The first-order valence-corrected chi connectivity index (χ1v) is 11.9. The molecular weight excluding hydrogens is 419 g/mol. The number of benzene rings is 1. The van der Waals surface area contributed by atoms with Gasteiger partial charge in [-0.05, 0) is 79.3 Å². The number of halogens is 1. The van der Waals surface area contributed by atoms with E-state index in [-0.39, 0.29) is 35.6 Å². The molecule has 3 atom stereocenters. The summed E-state index contributed by atoms with van der Waals surface area (Å²) in [6.45, 7) is 5.91. The molecule has 1 saturated carbocycles. The summed E-state index contributed by atoms with van der Waals surface area (Å²) in [6.07, 6.45) is 10.1. The summed E-state index contributed by atoms with van der Waals surface area (Å²) in [5.74, 6) is -0.123. The Morgan fingerprint density at radius 3 is 2.76 bits per heavy atom. The molecule has 7 heteroatoms. The van der Waals surface area contributed by atoms with Gasteiger partial charge in [0.2, 0.25) is 11.8 Å². The van der Waals surface area contributed by atoms with Crippen LogP contribution in [-0.4, -0.2) is 34.2 Å². The Balaban J connectivity index is 1.50. The molecule has 1 heterocycles. The topological polar surface area (TPSA) is 76.0 Å². The smallest absolute Gasteiger partial charge is 0.239 e. The largest absolute Gasteiger partial charge is 0.352 e. The molecule has 0 bridgehead atoms. The van der Waals surface area contributed by atoms with Gasteiger partial charge in [0.25, 0.3) is 0 Å². The number of hydrogen-bond acceptors (Lipinski definition) is 3. The second kappa shape index (κ2) is 9.49. The van der Waals surface area contributed by atoms with Crippen molar-refractivity contribution in [1.29, 1.82) is 0 Å². The summed E-state index contributed by atoms with van der Waals surface area (Å²) in [5, 5.41) is 10.3. The highest BCUT2D eigenvalue weighted by molar-refractivity contribution is 5.83. The number of allylic oxidation sites excluding steroid dienone is 1. The summed E-state index contributed by atoms with van der Waals surface area (Å²) in [4.78, 5) is 23.4. The van der Waals surface area contributed by atoms with Gasteiger partial charge in [-0.1, -0.05) is 25.8 Å². The molecule has 1 aromatic carbocycles. The van der Waals surface area contributed by atoms with Crippen molar-refractivity contribution in [1.82, 2.24) is 20.4 Å². The van der Waals surface area contributed by atoms with E-state index in [0.29, 0.717) is 5.92 Å². The minimum Gasteiger partial charge on any atom is -0.352 e. The van der Waals surface area contributed by atoms with Gasteiger partial charge in [-0.3, -0.25) is 9.59 Å². The average molecular weight is 453 g/mol. The molecule has 2 N–H and O–H groups in total. The fourth-order valence-corrected chi connectivity index (χ4v) is 5.52. The summed E-state index contributed by atoms with van der Waals surface area (Å²) >= 11 is 0. The number of nitrogens with zero attached hydrogens (tertiary/aromatic N) is 2. The number of rotatable bonds is 8. The number of fused-ring (bicyclic) bond motifs is 2. The summed E-state index contributed by atoms with van der Waals surface area (Å²) in [5.41, 5.74) is 4.63. The lowest BCUT2D eigenvalue weighted by Gasteiger charge is -2.37. The van der Waals surface area contributed by atoms with Crippen LogP contribution in [0.2, 0.25) is 0 Å². The van der Waals surface area contributed by atoms with Crippen LogP contribution in [0.5, 0.6) is 0 Å². The van der Waals surface area contributed by atoms with E-state index in [0.717, 1.165) is 49.9 Å². The Morgan fingerprint density at radius 2 is 2.06 bits per heavy atom. The molecule has 2 aliphatic rings. The molecule has 176 valence electrons.